The first-order valence-corrected chi connectivity index (χ1v) is 8.07. The third-order valence-corrected chi connectivity index (χ3v) is 3.76. The fraction of sp³-hybridized carbons (Fsp3) is 0.263. The Morgan fingerprint density at radius 3 is 2.38 bits per heavy atom. The van der Waals surface area contributed by atoms with E-state index >= 15 is 0 Å². The number of carbonyl (C=O) groups is 2. The maximum absolute atomic E-state index is 13.5. The van der Waals surface area contributed by atoms with Gasteiger partial charge in [0.1, 0.15) is 17.4 Å². The molecule has 0 radical (unpaired) electrons. The highest BCUT2D eigenvalue weighted by Crippen LogP contribution is 2.16. The fourth-order valence-electron chi connectivity index (χ4n) is 2.15. The van der Waals surface area contributed by atoms with Crippen molar-refractivity contribution in [2.24, 2.45) is 0 Å². The Morgan fingerprint density at radius 1 is 0.962 bits per heavy atom. The van der Waals surface area contributed by atoms with Gasteiger partial charge in [-0.2, -0.15) is 0 Å². The first-order chi connectivity index (χ1) is 12.4. The van der Waals surface area contributed by atoms with Crippen LogP contribution in [0.1, 0.15) is 21.5 Å². The van der Waals surface area contributed by atoms with Gasteiger partial charge in [0.2, 0.25) is 0 Å². The zero-order chi connectivity index (χ0) is 19.1. The minimum absolute atomic E-state index is 0.102. The molecule has 0 aliphatic heterocycles. The molecule has 26 heavy (non-hydrogen) atoms. The molecule has 0 fully saturated rings. The van der Waals surface area contributed by atoms with E-state index in [2.05, 4.69) is 10.6 Å². The van der Waals surface area contributed by atoms with Gasteiger partial charge in [0.15, 0.2) is 6.61 Å². The van der Waals surface area contributed by atoms with Gasteiger partial charge >= 0.3 is 0 Å². The molecule has 7 heteroatoms. The van der Waals surface area contributed by atoms with Crippen molar-refractivity contribution in [3.63, 3.8) is 0 Å². The van der Waals surface area contributed by atoms with Crippen LogP contribution in [0.3, 0.4) is 0 Å². The van der Waals surface area contributed by atoms with Crippen LogP contribution in [-0.2, 0) is 4.79 Å². The van der Waals surface area contributed by atoms with Gasteiger partial charge in [0.25, 0.3) is 11.8 Å². The van der Waals surface area contributed by atoms with Crippen LogP contribution < -0.4 is 15.4 Å². The Bertz CT molecular complexity index is 809. The highest BCUT2D eigenvalue weighted by atomic mass is 19.1. The van der Waals surface area contributed by atoms with Gasteiger partial charge in [0.05, 0.1) is 5.56 Å². The molecule has 0 aliphatic rings. The second-order valence-electron chi connectivity index (χ2n) is 5.76. The first kappa shape index (κ1) is 19.4. The van der Waals surface area contributed by atoms with Crippen LogP contribution in [0.4, 0.5) is 8.78 Å². The van der Waals surface area contributed by atoms with Crippen molar-refractivity contribution in [3.05, 3.63) is 64.7 Å². The molecular weight excluding hydrogens is 342 g/mol. The Labute approximate surface area is 150 Å². The van der Waals surface area contributed by atoms with Crippen LogP contribution in [-0.4, -0.2) is 31.5 Å². The monoisotopic (exact) mass is 362 g/mol. The van der Waals surface area contributed by atoms with Gasteiger partial charge in [-0.3, -0.25) is 9.59 Å². The summed E-state index contributed by atoms with van der Waals surface area (Å²) in [6.07, 6.45) is 0. The largest absolute Gasteiger partial charge is 0.484 e. The van der Waals surface area contributed by atoms with Crippen LogP contribution in [0.2, 0.25) is 0 Å². The molecule has 0 heterocycles. The number of hydrogen-bond acceptors (Lipinski definition) is 3. The number of halogens is 2. The van der Waals surface area contributed by atoms with E-state index in [1.54, 1.807) is 6.07 Å². The Balaban J connectivity index is 1.69. The maximum atomic E-state index is 13.5. The Kier molecular flexibility index (Phi) is 6.66. The highest BCUT2D eigenvalue weighted by molar-refractivity contribution is 5.94. The van der Waals surface area contributed by atoms with Gasteiger partial charge in [-0.1, -0.05) is 6.07 Å². The van der Waals surface area contributed by atoms with Crippen LogP contribution in [0, 0.1) is 25.5 Å². The molecule has 0 atom stereocenters. The lowest BCUT2D eigenvalue weighted by atomic mass is 10.1. The van der Waals surface area contributed by atoms with E-state index in [1.165, 1.54) is 0 Å². The molecule has 138 valence electrons. The molecule has 2 rings (SSSR count). The zero-order valence-electron chi connectivity index (χ0n) is 14.6. The summed E-state index contributed by atoms with van der Waals surface area (Å²) in [4.78, 5) is 23.5. The summed E-state index contributed by atoms with van der Waals surface area (Å²) >= 11 is 0. The lowest BCUT2D eigenvalue weighted by Crippen LogP contribution is -2.37. The fourth-order valence-corrected chi connectivity index (χ4v) is 2.15. The lowest BCUT2D eigenvalue weighted by Gasteiger charge is -2.10. The summed E-state index contributed by atoms with van der Waals surface area (Å²) in [6.45, 7) is 4.05. The molecule has 5 nitrogen and oxygen atoms in total. The lowest BCUT2D eigenvalue weighted by molar-refractivity contribution is -0.123. The molecule has 0 aliphatic carbocycles. The third kappa shape index (κ3) is 5.54. The smallest absolute Gasteiger partial charge is 0.258 e. The number of amides is 2. The Morgan fingerprint density at radius 2 is 1.69 bits per heavy atom. The summed E-state index contributed by atoms with van der Waals surface area (Å²) in [7, 11) is 0. The van der Waals surface area contributed by atoms with Crippen molar-refractivity contribution in [1.82, 2.24) is 10.6 Å². The summed E-state index contributed by atoms with van der Waals surface area (Å²) in [5.41, 5.74) is 1.95. The SMILES string of the molecule is Cc1ccc(OCC(=O)NCCNC(=O)c2ccc(F)cc2F)cc1C. The molecule has 0 saturated heterocycles. The van der Waals surface area contributed by atoms with Crippen LogP contribution in [0.15, 0.2) is 36.4 Å². The minimum Gasteiger partial charge on any atom is -0.484 e. The minimum atomic E-state index is -0.937. The van der Waals surface area contributed by atoms with Gasteiger partial charge in [0, 0.05) is 19.2 Å². The molecule has 2 aromatic rings. The van der Waals surface area contributed by atoms with Gasteiger partial charge in [-0.05, 0) is 49.2 Å². The van der Waals surface area contributed by atoms with Gasteiger partial charge < -0.3 is 15.4 Å². The number of hydrogen-bond donors (Lipinski definition) is 2. The topological polar surface area (TPSA) is 67.4 Å². The second-order valence-corrected chi connectivity index (χ2v) is 5.76. The van der Waals surface area contributed by atoms with Crippen molar-refractivity contribution in [2.45, 2.75) is 13.8 Å². The van der Waals surface area contributed by atoms with Crippen LogP contribution >= 0.6 is 0 Å². The van der Waals surface area contributed by atoms with Crippen molar-refractivity contribution in [2.75, 3.05) is 19.7 Å². The van der Waals surface area contributed by atoms with E-state index < -0.39 is 17.5 Å². The number of nitrogens with one attached hydrogen (secondary N) is 2. The Hall–Kier alpha value is -2.96. The zero-order valence-corrected chi connectivity index (χ0v) is 14.6. The second kappa shape index (κ2) is 8.94. The van der Waals surface area contributed by atoms with E-state index in [1.807, 2.05) is 26.0 Å². The molecule has 2 amide bonds. The highest BCUT2D eigenvalue weighted by Gasteiger charge is 2.12. The molecule has 0 aromatic heterocycles. The van der Waals surface area contributed by atoms with E-state index in [4.69, 9.17) is 4.74 Å². The maximum Gasteiger partial charge on any atom is 0.258 e. The number of carbonyl (C=O) groups excluding carboxylic acids is 2. The summed E-state index contributed by atoms with van der Waals surface area (Å²) in [5.74, 6) is -2.11. The molecule has 2 aromatic carbocycles. The average Bonchev–Trinajstić information content (AvgIpc) is 2.59. The predicted molar refractivity (Wildman–Crippen MR) is 93.1 cm³/mol. The van der Waals surface area contributed by atoms with E-state index in [9.17, 15) is 18.4 Å². The van der Waals surface area contributed by atoms with Crippen LogP contribution in [0.25, 0.3) is 0 Å². The quantitative estimate of drug-likeness (QED) is 0.744. The molecule has 0 spiro atoms. The molecule has 0 saturated carbocycles. The number of rotatable bonds is 7. The van der Waals surface area contributed by atoms with Crippen molar-refractivity contribution < 1.29 is 23.1 Å². The molecule has 0 bridgehead atoms. The first-order valence-electron chi connectivity index (χ1n) is 8.07. The van der Waals surface area contributed by atoms with Gasteiger partial charge in [-0.25, -0.2) is 8.78 Å². The normalized spacial score (nSPS) is 10.3. The summed E-state index contributed by atoms with van der Waals surface area (Å²) < 4.78 is 31.7. The van der Waals surface area contributed by atoms with E-state index in [-0.39, 0.29) is 31.2 Å². The molecule has 2 N–H and O–H groups in total. The standard InChI is InChI=1S/C19H20F2N2O3/c1-12-3-5-15(9-13(12)2)26-11-18(24)22-7-8-23-19(25)16-6-4-14(20)10-17(16)21/h3-6,9-10H,7-8,11H2,1-2H3,(H,22,24)(H,23,25). The van der Waals surface area contributed by atoms with Crippen molar-refractivity contribution in [1.29, 1.82) is 0 Å². The van der Waals surface area contributed by atoms with E-state index in [0.717, 1.165) is 23.3 Å². The number of ether oxygens (including phenoxy) is 1. The van der Waals surface area contributed by atoms with Gasteiger partial charge in [-0.15, -0.1) is 0 Å². The number of aryl methyl sites for hydroxylation is 2. The summed E-state index contributed by atoms with van der Waals surface area (Å²) in [6, 6.07) is 8.25. The van der Waals surface area contributed by atoms with Crippen molar-refractivity contribution in [3.8, 4) is 5.75 Å². The van der Waals surface area contributed by atoms with Crippen molar-refractivity contribution >= 4 is 11.8 Å². The predicted octanol–water partition coefficient (Wildman–Crippen LogP) is 2.51. The molecular formula is C19H20F2N2O3. The van der Waals surface area contributed by atoms with Crippen LogP contribution in [0.5, 0.6) is 5.75 Å². The third-order valence-electron chi connectivity index (χ3n) is 3.76. The summed E-state index contributed by atoms with van der Waals surface area (Å²) in [5, 5.41) is 5.02. The number of benzene rings is 2. The average molecular weight is 362 g/mol. The molecule has 0 unspecified atom stereocenters. The van der Waals surface area contributed by atoms with E-state index in [0.29, 0.717) is 11.8 Å².